The van der Waals surface area contributed by atoms with E-state index in [1.54, 1.807) is 6.92 Å². The second kappa shape index (κ2) is 3.89. The van der Waals surface area contributed by atoms with Crippen LogP contribution in [0.15, 0.2) is 24.4 Å². The predicted octanol–water partition coefficient (Wildman–Crippen LogP) is 3.00. The summed E-state index contributed by atoms with van der Waals surface area (Å²) in [5, 5.41) is 1.24. The molecular formula is C13H15NO. The Morgan fingerprint density at radius 3 is 2.93 bits per heavy atom. The fourth-order valence-electron chi connectivity index (χ4n) is 1.82. The fourth-order valence-corrected chi connectivity index (χ4v) is 1.82. The lowest BCUT2D eigenvalue weighted by molar-refractivity contribution is -0.116. The van der Waals surface area contributed by atoms with Gasteiger partial charge < -0.3 is 9.78 Å². The van der Waals surface area contributed by atoms with Crippen molar-refractivity contribution in [2.45, 2.75) is 26.7 Å². The highest BCUT2D eigenvalue weighted by Gasteiger charge is 2.04. The van der Waals surface area contributed by atoms with Gasteiger partial charge in [-0.15, -0.1) is 0 Å². The van der Waals surface area contributed by atoms with Gasteiger partial charge in [-0.25, -0.2) is 0 Å². The summed E-state index contributed by atoms with van der Waals surface area (Å²) in [6.45, 7) is 3.72. The summed E-state index contributed by atoms with van der Waals surface area (Å²) >= 11 is 0. The van der Waals surface area contributed by atoms with Crippen LogP contribution in [0.1, 0.15) is 24.5 Å². The zero-order valence-corrected chi connectivity index (χ0v) is 9.13. The van der Waals surface area contributed by atoms with Crippen LogP contribution in [0.4, 0.5) is 0 Å². The molecule has 0 atom stereocenters. The molecule has 0 aliphatic rings. The summed E-state index contributed by atoms with van der Waals surface area (Å²) in [4.78, 5) is 14.2. The molecule has 0 unspecified atom stereocenters. The lowest BCUT2D eigenvalue weighted by Gasteiger charge is -1.97. The molecule has 0 saturated carbocycles. The van der Waals surface area contributed by atoms with Crippen LogP contribution in [0.2, 0.25) is 0 Å². The number of hydrogen-bond acceptors (Lipinski definition) is 1. The number of fused-ring (bicyclic) bond motifs is 1. The van der Waals surface area contributed by atoms with Crippen LogP contribution < -0.4 is 0 Å². The third kappa shape index (κ3) is 2.09. The van der Waals surface area contributed by atoms with Crippen molar-refractivity contribution in [1.82, 2.24) is 4.98 Å². The first-order chi connectivity index (χ1) is 7.16. The summed E-state index contributed by atoms with van der Waals surface area (Å²) in [5.74, 6) is 0.247. The standard InChI is InChI=1S/C13H15NO/c1-9-3-6-12-11(5-4-10(2)15)8-14-13(12)7-9/h3,6-8,14H,4-5H2,1-2H3. The number of hydrogen-bond donors (Lipinski definition) is 1. The number of carbonyl (C=O) groups is 1. The molecule has 2 nitrogen and oxygen atoms in total. The van der Waals surface area contributed by atoms with Gasteiger partial charge in [0.2, 0.25) is 0 Å². The van der Waals surface area contributed by atoms with Gasteiger partial charge in [-0.1, -0.05) is 12.1 Å². The lowest BCUT2D eigenvalue weighted by Crippen LogP contribution is -1.92. The molecule has 0 spiro atoms. The molecule has 0 aliphatic carbocycles. The number of benzene rings is 1. The smallest absolute Gasteiger partial charge is 0.130 e. The van der Waals surface area contributed by atoms with Crippen LogP contribution in [0.25, 0.3) is 10.9 Å². The molecule has 0 saturated heterocycles. The van der Waals surface area contributed by atoms with Crippen molar-refractivity contribution < 1.29 is 4.79 Å². The van der Waals surface area contributed by atoms with Crippen LogP contribution in [-0.4, -0.2) is 10.8 Å². The number of aromatic nitrogens is 1. The van der Waals surface area contributed by atoms with Crippen molar-refractivity contribution in [3.05, 3.63) is 35.5 Å². The Hall–Kier alpha value is -1.57. The molecule has 1 aromatic carbocycles. The molecule has 0 fully saturated rings. The molecule has 0 amide bonds. The number of carbonyl (C=O) groups excluding carboxylic acids is 1. The molecular weight excluding hydrogens is 186 g/mol. The molecule has 2 rings (SSSR count). The van der Waals surface area contributed by atoms with E-state index in [0.717, 1.165) is 11.9 Å². The van der Waals surface area contributed by atoms with Gasteiger partial charge in [-0.3, -0.25) is 0 Å². The van der Waals surface area contributed by atoms with Gasteiger partial charge in [0.25, 0.3) is 0 Å². The summed E-state index contributed by atoms with van der Waals surface area (Å²) in [6.07, 6.45) is 3.46. The quantitative estimate of drug-likeness (QED) is 0.813. The van der Waals surface area contributed by atoms with E-state index in [1.165, 1.54) is 16.5 Å². The Balaban J connectivity index is 2.32. The zero-order chi connectivity index (χ0) is 10.8. The van der Waals surface area contributed by atoms with E-state index < -0.39 is 0 Å². The average Bonchev–Trinajstić information content (AvgIpc) is 2.57. The molecule has 1 aromatic heterocycles. The summed E-state index contributed by atoms with van der Waals surface area (Å²) in [5.41, 5.74) is 3.65. The SMILES string of the molecule is CC(=O)CCc1c[nH]c2cc(C)ccc12. The van der Waals surface area contributed by atoms with Crippen molar-refractivity contribution >= 4 is 16.7 Å². The molecule has 15 heavy (non-hydrogen) atoms. The van der Waals surface area contributed by atoms with E-state index in [9.17, 15) is 4.79 Å². The second-order valence-corrected chi connectivity index (χ2v) is 4.06. The lowest BCUT2D eigenvalue weighted by atomic mass is 10.1. The third-order valence-corrected chi connectivity index (χ3v) is 2.67. The number of nitrogens with one attached hydrogen (secondary N) is 1. The van der Waals surface area contributed by atoms with Crippen LogP contribution in [-0.2, 0) is 11.2 Å². The molecule has 0 aliphatic heterocycles. The summed E-state index contributed by atoms with van der Waals surface area (Å²) in [7, 11) is 0. The largest absolute Gasteiger partial charge is 0.361 e. The summed E-state index contributed by atoms with van der Waals surface area (Å²) in [6, 6.07) is 6.36. The Morgan fingerprint density at radius 2 is 2.20 bits per heavy atom. The van der Waals surface area contributed by atoms with E-state index in [0.29, 0.717) is 6.42 Å². The molecule has 1 heterocycles. The average molecular weight is 201 g/mol. The van der Waals surface area contributed by atoms with E-state index in [-0.39, 0.29) is 5.78 Å². The van der Waals surface area contributed by atoms with Crippen LogP contribution in [0.5, 0.6) is 0 Å². The van der Waals surface area contributed by atoms with Gasteiger partial charge in [0, 0.05) is 23.5 Å². The highest BCUT2D eigenvalue weighted by Crippen LogP contribution is 2.20. The van der Waals surface area contributed by atoms with Gasteiger partial charge in [-0.05, 0) is 37.5 Å². The van der Waals surface area contributed by atoms with Crippen molar-refractivity contribution in [1.29, 1.82) is 0 Å². The fraction of sp³-hybridized carbons (Fsp3) is 0.308. The third-order valence-electron chi connectivity index (χ3n) is 2.67. The molecule has 2 aromatic rings. The first-order valence-electron chi connectivity index (χ1n) is 5.23. The monoisotopic (exact) mass is 201 g/mol. The molecule has 1 N–H and O–H groups in total. The Labute approximate surface area is 89.3 Å². The first-order valence-corrected chi connectivity index (χ1v) is 5.23. The second-order valence-electron chi connectivity index (χ2n) is 4.06. The van der Waals surface area contributed by atoms with Crippen molar-refractivity contribution in [2.24, 2.45) is 0 Å². The number of aryl methyl sites for hydroxylation is 2. The molecule has 0 bridgehead atoms. The number of ketones is 1. The molecule has 78 valence electrons. The topological polar surface area (TPSA) is 32.9 Å². The maximum absolute atomic E-state index is 10.9. The Kier molecular flexibility index (Phi) is 2.58. The van der Waals surface area contributed by atoms with Crippen molar-refractivity contribution in [3.8, 4) is 0 Å². The highest BCUT2D eigenvalue weighted by molar-refractivity contribution is 5.84. The highest BCUT2D eigenvalue weighted by atomic mass is 16.1. The first kappa shape index (κ1) is 9.97. The summed E-state index contributed by atoms with van der Waals surface area (Å²) < 4.78 is 0. The van der Waals surface area contributed by atoms with Gasteiger partial charge in [0.15, 0.2) is 0 Å². The van der Waals surface area contributed by atoms with Gasteiger partial charge in [0.05, 0.1) is 0 Å². The van der Waals surface area contributed by atoms with Crippen LogP contribution in [0, 0.1) is 6.92 Å². The van der Waals surface area contributed by atoms with Crippen molar-refractivity contribution in [2.75, 3.05) is 0 Å². The van der Waals surface area contributed by atoms with Gasteiger partial charge >= 0.3 is 0 Å². The van der Waals surface area contributed by atoms with Crippen molar-refractivity contribution in [3.63, 3.8) is 0 Å². The predicted molar refractivity (Wildman–Crippen MR) is 62.0 cm³/mol. The normalized spacial score (nSPS) is 10.8. The minimum Gasteiger partial charge on any atom is -0.361 e. The number of Topliss-reactive ketones (excluding diaryl/α,β-unsaturated/α-hetero) is 1. The van der Waals surface area contributed by atoms with Gasteiger partial charge in [0.1, 0.15) is 5.78 Å². The number of H-pyrrole nitrogens is 1. The molecule has 2 heteroatoms. The maximum Gasteiger partial charge on any atom is 0.130 e. The Bertz CT molecular complexity index is 496. The van der Waals surface area contributed by atoms with E-state index in [2.05, 4.69) is 30.1 Å². The minimum atomic E-state index is 0.247. The Morgan fingerprint density at radius 1 is 1.40 bits per heavy atom. The van der Waals surface area contributed by atoms with E-state index in [4.69, 9.17) is 0 Å². The van der Waals surface area contributed by atoms with E-state index in [1.807, 2.05) is 6.20 Å². The van der Waals surface area contributed by atoms with Gasteiger partial charge in [-0.2, -0.15) is 0 Å². The molecule has 0 radical (unpaired) electrons. The maximum atomic E-state index is 10.9. The van der Waals surface area contributed by atoms with Crippen LogP contribution in [0.3, 0.4) is 0 Å². The number of rotatable bonds is 3. The van der Waals surface area contributed by atoms with E-state index >= 15 is 0 Å². The van der Waals surface area contributed by atoms with Crippen LogP contribution >= 0.6 is 0 Å². The number of aromatic amines is 1. The zero-order valence-electron chi connectivity index (χ0n) is 9.13. The minimum absolute atomic E-state index is 0.247.